The molecule has 0 aromatic rings. The van der Waals surface area contributed by atoms with Crippen molar-refractivity contribution in [3.8, 4) is 11.3 Å². The van der Waals surface area contributed by atoms with Crippen molar-refractivity contribution < 1.29 is 10.2 Å². The Balaban J connectivity index is 1.66. The average molecular weight is 349 g/mol. The molecule has 4 rings (SSSR count). The number of rotatable bonds is 1. The Morgan fingerprint density at radius 2 is 2.00 bits per heavy atom. The maximum atomic E-state index is 11.3. The normalized spacial score (nSPS) is 50.0. The molecule has 4 aliphatic carbocycles. The average Bonchev–Trinajstić information content (AvgIpc) is 2.88. The Kier molecular flexibility index (Phi) is 4.27. The number of hydrogen-bond acceptors (Lipinski definition) is 2. The fourth-order valence-corrected chi connectivity index (χ4v) is 7.30. The van der Waals surface area contributed by atoms with E-state index in [0.717, 1.165) is 50.9 Å². The third kappa shape index (κ3) is 2.24. The Morgan fingerprint density at radius 3 is 2.75 bits per heavy atom. The predicted molar refractivity (Wildman–Crippen MR) is 96.3 cm³/mol. The van der Waals surface area contributed by atoms with Gasteiger partial charge in [0.25, 0.3) is 0 Å². The van der Waals surface area contributed by atoms with Crippen LogP contribution in [0.1, 0.15) is 64.7 Å². The highest BCUT2D eigenvalue weighted by Gasteiger charge is 2.63. The van der Waals surface area contributed by atoms with Gasteiger partial charge in [-0.2, -0.15) is 0 Å². The van der Waals surface area contributed by atoms with Crippen molar-refractivity contribution in [3.05, 3.63) is 11.6 Å². The van der Waals surface area contributed by atoms with Gasteiger partial charge in [0, 0.05) is 10.8 Å². The Labute approximate surface area is 150 Å². The molecule has 0 spiro atoms. The molecule has 24 heavy (non-hydrogen) atoms. The molecule has 0 amide bonds. The standard InChI is InChI=1S/C21H29ClO2/c1-2-20-9-7-17-16-6-4-15(23)13-14(16)3-5-18(17)19(20)8-10-21(20,24)11-12-22/h13,15-19,23-24H,2-10H2,1H3/t15?,16-,17+,18+,19-,20?,21+/m0/s1. The van der Waals surface area contributed by atoms with Crippen LogP contribution in [0.15, 0.2) is 11.6 Å². The largest absolute Gasteiger partial charge is 0.389 e. The molecule has 0 aliphatic heterocycles. The third-order valence-electron chi connectivity index (χ3n) is 8.17. The molecule has 7 atom stereocenters. The van der Waals surface area contributed by atoms with Crippen LogP contribution in [-0.4, -0.2) is 21.9 Å². The molecule has 3 heteroatoms. The van der Waals surface area contributed by atoms with Crippen LogP contribution in [0.3, 0.4) is 0 Å². The zero-order valence-electron chi connectivity index (χ0n) is 14.6. The zero-order chi connectivity index (χ0) is 16.9. The van der Waals surface area contributed by atoms with E-state index in [9.17, 15) is 10.2 Å². The molecule has 132 valence electrons. The molecule has 0 bridgehead atoms. The summed E-state index contributed by atoms with van der Waals surface area (Å²) >= 11 is 5.71. The summed E-state index contributed by atoms with van der Waals surface area (Å²) in [5.41, 5.74) is 0.566. The Morgan fingerprint density at radius 1 is 1.17 bits per heavy atom. The summed E-state index contributed by atoms with van der Waals surface area (Å²) in [4.78, 5) is 0. The van der Waals surface area contributed by atoms with E-state index in [0.29, 0.717) is 17.8 Å². The van der Waals surface area contributed by atoms with E-state index >= 15 is 0 Å². The summed E-state index contributed by atoms with van der Waals surface area (Å²) < 4.78 is 0. The SMILES string of the molecule is CCC12CC[C@H]3[C@@H](CCC4=CC(O)CC[C@@H]43)[C@@H]1CC[C@@]2(O)C#CCl. The second-order valence-corrected chi connectivity index (χ2v) is 8.82. The van der Waals surface area contributed by atoms with Crippen LogP contribution in [0, 0.1) is 40.4 Å². The predicted octanol–water partition coefficient (Wildman–Crippen LogP) is 4.24. The second kappa shape index (κ2) is 6.04. The number of allylic oxidation sites excluding steroid dienone is 1. The van der Waals surface area contributed by atoms with Crippen LogP contribution < -0.4 is 0 Å². The van der Waals surface area contributed by atoms with E-state index in [2.05, 4.69) is 24.3 Å². The van der Waals surface area contributed by atoms with E-state index in [4.69, 9.17) is 11.6 Å². The fraction of sp³-hybridized carbons (Fsp3) is 0.810. The van der Waals surface area contributed by atoms with Crippen LogP contribution in [0.25, 0.3) is 0 Å². The number of fused-ring (bicyclic) bond motifs is 5. The quantitative estimate of drug-likeness (QED) is 0.549. The summed E-state index contributed by atoms with van der Waals surface area (Å²) in [6.45, 7) is 2.23. The van der Waals surface area contributed by atoms with E-state index in [1.807, 2.05) is 0 Å². The first-order valence-electron chi connectivity index (χ1n) is 9.78. The van der Waals surface area contributed by atoms with Gasteiger partial charge in [-0.1, -0.05) is 24.5 Å². The summed E-state index contributed by atoms with van der Waals surface area (Å²) in [7, 11) is 0. The van der Waals surface area contributed by atoms with Crippen molar-refractivity contribution in [2.24, 2.45) is 29.1 Å². The van der Waals surface area contributed by atoms with Gasteiger partial charge >= 0.3 is 0 Å². The van der Waals surface area contributed by atoms with Crippen LogP contribution in [0.5, 0.6) is 0 Å². The Bertz CT molecular complexity index is 603. The molecule has 0 saturated heterocycles. The van der Waals surface area contributed by atoms with E-state index in [1.54, 1.807) is 0 Å². The summed E-state index contributed by atoms with van der Waals surface area (Å²) in [6, 6.07) is 0. The van der Waals surface area contributed by atoms with Crippen LogP contribution in [0.2, 0.25) is 0 Å². The van der Waals surface area contributed by atoms with Crippen LogP contribution >= 0.6 is 11.6 Å². The molecule has 3 saturated carbocycles. The number of hydrogen-bond donors (Lipinski definition) is 2. The van der Waals surface area contributed by atoms with Crippen LogP contribution in [-0.2, 0) is 0 Å². The van der Waals surface area contributed by atoms with Gasteiger partial charge in [0.05, 0.1) is 6.10 Å². The first-order chi connectivity index (χ1) is 11.5. The van der Waals surface area contributed by atoms with Gasteiger partial charge in [-0.25, -0.2) is 0 Å². The zero-order valence-corrected chi connectivity index (χ0v) is 15.4. The van der Waals surface area contributed by atoms with Gasteiger partial charge in [-0.3, -0.25) is 0 Å². The monoisotopic (exact) mass is 348 g/mol. The van der Waals surface area contributed by atoms with Gasteiger partial charge in [0.15, 0.2) is 0 Å². The molecule has 2 unspecified atom stereocenters. The highest BCUT2D eigenvalue weighted by atomic mass is 35.5. The lowest BCUT2D eigenvalue weighted by molar-refractivity contribution is -0.100. The maximum Gasteiger partial charge on any atom is 0.132 e. The van der Waals surface area contributed by atoms with Gasteiger partial charge in [-0.05, 0) is 93.1 Å². The third-order valence-corrected chi connectivity index (χ3v) is 8.26. The maximum absolute atomic E-state index is 11.3. The summed E-state index contributed by atoms with van der Waals surface area (Å²) in [6.07, 6.45) is 11.5. The lowest BCUT2D eigenvalue weighted by Gasteiger charge is -2.56. The molecule has 0 aromatic heterocycles. The highest BCUT2D eigenvalue weighted by molar-refractivity contribution is 6.30. The van der Waals surface area contributed by atoms with E-state index < -0.39 is 5.60 Å². The fourth-order valence-electron chi connectivity index (χ4n) is 7.14. The van der Waals surface area contributed by atoms with Crippen molar-refractivity contribution in [2.45, 2.75) is 76.4 Å². The highest BCUT2D eigenvalue weighted by Crippen LogP contribution is 2.66. The lowest BCUT2D eigenvalue weighted by Crippen LogP contribution is -2.53. The number of aliphatic hydroxyl groups is 2. The van der Waals surface area contributed by atoms with E-state index in [-0.39, 0.29) is 11.5 Å². The van der Waals surface area contributed by atoms with E-state index in [1.165, 1.54) is 18.4 Å². The molecular formula is C21H29ClO2. The second-order valence-electron chi connectivity index (χ2n) is 8.63. The minimum Gasteiger partial charge on any atom is -0.389 e. The molecule has 0 aromatic carbocycles. The topological polar surface area (TPSA) is 40.5 Å². The molecule has 2 nitrogen and oxygen atoms in total. The smallest absolute Gasteiger partial charge is 0.132 e. The van der Waals surface area contributed by atoms with Crippen molar-refractivity contribution in [1.82, 2.24) is 0 Å². The van der Waals surface area contributed by atoms with Gasteiger partial charge in [0.2, 0.25) is 0 Å². The van der Waals surface area contributed by atoms with Gasteiger partial charge in [0.1, 0.15) is 5.60 Å². The Hall–Kier alpha value is -0.490. The summed E-state index contributed by atoms with van der Waals surface area (Å²) in [5.74, 6) is 5.71. The van der Waals surface area contributed by atoms with Crippen molar-refractivity contribution in [2.75, 3.05) is 0 Å². The molecule has 0 radical (unpaired) electrons. The number of halogens is 1. The first-order valence-corrected chi connectivity index (χ1v) is 10.2. The van der Waals surface area contributed by atoms with Gasteiger partial charge in [-0.15, -0.1) is 0 Å². The van der Waals surface area contributed by atoms with Crippen molar-refractivity contribution in [3.63, 3.8) is 0 Å². The molecule has 4 aliphatic rings. The van der Waals surface area contributed by atoms with Crippen LogP contribution in [0.4, 0.5) is 0 Å². The molecule has 0 heterocycles. The molecule has 3 fully saturated rings. The minimum absolute atomic E-state index is 0.0640. The van der Waals surface area contributed by atoms with Crippen molar-refractivity contribution >= 4 is 11.6 Å². The van der Waals surface area contributed by atoms with Gasteiger partial charge < -0.3 is 10.2 Å². The molecular weight excluding hydrogens is 320 g/mol. The first kappa shape index (κ1) is 17.0. The minimum atomic E-state index is -0.891. The molecule has 2 N–H and O–H groups in total. The number of aliphatic hydroxyl groups excluding tert-OH is 1. The lowest BCUT2D eigenvalue weighted by atomic mass is 9.49. The summed E-state index contributed by atoms with van der Waals surface area (Å²) in [5, 5.41) is 23.8. The van der Waals surface area contributed by atoms with Crippen molar-refractivity contribution in [1.29, 1.82) is 0 Å².